The number of benzene rings is 1. The van der Waals surface area contributed by atoms with Crippen LogP contribution < -0.4 is 0 Å². The van der Waals surface area contributed by atoms with Crippen LogP contribution in [0.2, 0.25) is 0 Å². The summed E-state index contributed by atoms with van der Waals surface area (Å²) in [6.07, 6.45) is 0. The minimum Gasteiger partial charge on any atom is -0.223 e. The van der Waals surface area contributed by atoms with Crippen LogP contribution in [0.15, 0.2) is 29.0 Å². The molecule has 2 nitrogen and oxygen atoms in total. The summed E-state index contributed by atoms with van der Waals surface area (Å²) in [5.41, 5.74) is 1.13. The molecule has 0 radical (unpaired) electrons. The van der Waals surface area contributed by atoms with Crippen LogP contribution in [0.3, 0.4) is 0 Å². The molecule has 0 aliphatic rings. The van der Waals surface area contributed by atoms with E-state index in [1.54, 1.807) is 24.3 Å². The van der Waals surface area contributed by atoms with Crippen molar-refractivity contribution in [3.63, 3.8) is 0 Å². The first-order valence-electron chi connectivity index (χ1n) is 3.23. The molecule has 0 spiro atoms. The van der Waals surface area contributed by atoms with Crippen molar-refractivity contribution < 1.29 is 0 Å². The summed E-state index contributed by atoms with van der Waals surface area (Å²) in [4.78, 5) is 0. The Morgan fingerprint density at radius 2 is 1.69 bits per heavy atom. The van der Waals surface area contributed by atoms with E-state index in [-0.39, 0.29) is 0 Å². The number of nitriles is 1. The highest BCUT2D eigenvalue weighted by Gasteiger charge is 2.05. The van der Waals surface area contributed by atoms with Gasteiger partial charge in [-0.3, -0.25) is 0 Å². The van der Waals surface area contributed by atoms with Crippen molar-refractivity contribution in [1.82, 2.24) is 0 Å². The SMILES string of the molecule is N#Cc1ccc(N=P(Cl)(Cl)Cl)cc1. The average Bonchev–Trinajstić information content (AvgIpc) is 2.03. The van der Waals surface area contributed by atoms with Gasteiger partial charge in [-0.25, -0.2) is 4.74 Å². The largest absolute Gasteiger partial charge is 0.229 e. The Kier molecular flexibility index (Phi) is 3.64. The number of hydrogen-bond donors (Lipinski definition) is 0. The molecule has 0 saturated heterocycles. The Hall–Kier alpha value is -0.190. The number of nitrogens with zero attached hydrogens (tertiary/aromatic N) is 2. The van der Waals surface area contributed by atoms with Gasteiger partial charge < -0.3 is 0 Å². The topological polar surface area (TPSA) is 36.1 Å². The van der Waals surface area contributed by atoms with E-state index in [2.05, 4.69) is 4.74 Å². The first kappa shape index (κ1) is 10.9. The third kappa shape index (κ3) is 4.02. The van der Waals surface area contributed by atoms with Gasteiger partial charge in [-0.15, -0.1) is 0 Å². The third-order valence-electron chi connectivity index (χ3n) is 1.23. The summed E-state index contributed by atoms with van der Waals surface area (Å²) in [6, 6.07) is 8.51. The van der Waals surface area contributed by atoms with E-state index < -0.39 is 5.11 Å². The van der Waals surface area contributed by atoms with Gasteiger partial charge in [-0.1, -0.05) is 0 Å². The molecule has 1 aromatic rings. The van der Waals surface area contributed by atoms with Crippen molar-refractivity contribution in [3.05, 3.63) is 29.8 Å². The highest BCUT2D eigenvalue weighted by atomic mass is 36.0. The van der Waals surface area contributed by atoms with Crippen molar-refractivity contribution in [2.45, 2.75) is 0 Å². The molecule has 13 heavy (non-hydrogen) atoms. The van der Waals surface area contributed by atoms with Gasteiger partial charge in [0.1, 0.15) is 0 Å². The maximum atomic E-state index is 8.51. The number of rotatable bonds is 1. The average molecular weight is 253 g/mol. The molecule has 1 rings (SSSR count). The number of halogens is 3. The zero-order valence-corrected chi connectivity index (χ0v) is 9.45. The van der Waals surface area contributed by atoms with Gasteiger partial charge in [0.05, 0.1) is 17.3 Å². The van der Waals surface area contributed by atoms with Gasteiger partial charge in [0.15, 0.2) is 0 Å². The standard InChI is InChI=1S/C7H4Cl3N2P/c8-13(9,10)12-7-3-1-6(5-11)2-4-7/h1-4H. The highest BCUT2D eigenvalue weighted by molar-refractivity contribution is 8.26. The lowest BCUT2D eigenvalue weighted by atomic mass is 10.2. The fourth-order valence-electron chi connectivity index (χ4n) is 0.734. The molecule has 0 unspecified atom stereocenters. The molecule has 0 aliphatic heterocycles. The van der Waals surface area contributed by atoms with Crippen molar-refractivity contribution in [3.8, 4) is 6.07 Å². The predicted molar refractivity (Wildman–Crippen MR) is 57.7 cm³/mol. The van der Waals surface area contributed by atoms with Crippen LogP contribution in [0.5, 0.6) is 0 Å². The van der Waals surface area contributed by atoms with Crippen LogP contribution in [-0.2, 0) is 0 Å². The van der Waals surface area contributed by atoms with Gasteiger partial charge in [0.25, 0.3) is 0 Å². The van der Waals surface area contributed by atoms with Gasteiger partial charge in [-0.05, 0) is 58.0 Å². The van der Waals surface area contributed by atoms with Crippen molar-refractivity contribution in [1.29, 1.82) is 5.26 Å². The Morgan fingerprint density at radius 3 is 2.08 bits per heavy atom. The van der Waals surface area contributed by atoms with E-state index >= 15 is 0 Å². The highest BCUT2D eigenvalue weighted by Crippen LogP contribution is 2.66. The van der Waals surface area contributed by atoms with E-state index in [1.165, 1.54) is 0 Å². The Balaban J connectivity index is 3.02. The van der Waals surface area contributed by atoms with E-state index in [4.69, 9.17) is 39.0 Å². The molecule has 0 amide bonds. The maximum Gasteiger partial charge on any atom is 0.229 e. The first-order chi connectivity index (χ1) is 6.01. The zero-order valence-electron chi connectivity index (χ0n) is 6.28. The quantitative estimate of drug-likeness (QED) is 0.659. The van der Waals surface area contributed by atoms with Gasteiger partial charge in [0.2, 0.25) is 5.11 Å². The van der Waals surface area contributed by atoms with Crippen LogP contribution in [0.25, 0.3) is 0 Å². The second-order valence-electron chi connectivity index (χ2n) is 2.18. The molecule has 0 aliphatic carbocycles. The van der Waals surface area contributed by atoms with Gasteiger partial charge in [-0.2, -0.15) is 5.26 Å². The zero-order chi connectivity index (χ0) is 9.90. The van der Waals surface area contributed by atoms with Crippen molar-refractivity contribution >= 4 is 44.5 Å². The van der Waals surface area contributed by atoms with E-state index in [9.17, 15) is 0 Å². The normalized spacial score (nSPS) is 10.6. The number of hydrogen-bond acceptors (Lipinski definition) is 2. The molecule has 0 bridgehead atoms. The fraction of sp³-hybridized carbons (Fsp3) is 0. The lowest BCUT2D eigenvalue weighted by Gasteiger charge is -1.97. The van der Waals surface area contributed by atoms with Crippen LogP contribution in [0, 0.1) is 11.3 Å². The lowest BCUT2D eigenvalue weighted by molar-refractivity contribution is 1.47. The Morgan fingerprint density at radius 1 is 1.15 bits per heavy atom. The predicted octanol–water partition coefficient (Wildman–Crippen LogP) is 4.85. The molecule has 0 fully saturated rings. The summed E-state index contributed by atoms with van der Waals surface area (Å²) in [5, 5.41) is 5.81. The molecule has 0 N–H and O–H groups in total. The summed E-state index contributed by atoms with van der Waals surface area (Å²) in [7, 11) is 0. The van der Waals surface area contributed by atoms with E-state index in [1.807, 2.05) is 6.07 Å². The maximum absolute atomic E-state index is 8.51. The van der Waals surface area contributed by atoms with Gasteiger partial charge in [0, 0.05) is 0 Å². The van der Waals surface area contributed by atoms with E-state index in [0.29, 0.717) is 11.3 Å². The lowest BCUT2D eigenvalue weighted by Crippen LogP contribution is -1.69. The smallest absolute Gasteiger partial charge is 0.223 e. The molecule has 0 saturated carbocycles. The summed E-state index contributed by atoms with van der Waals surface area (Å²) < 4.78 is 3.86. The summed E-state index contributed by atoms with van der Waals surface area (Å²) >= 11 is 16.7. The van der Waals surface area contributed by atoms with Crippen LogP contribution in [0.1, 0.15) is 5.56 Å². The molecule has 0 aromatic heterocycles. The fourth-order valence-corrected chi connectivity index (χ4v) is 1.91. The molecular formula is C7H4Cl3N2P. The van der Waals surface area contributed by atoms with E-state index in [0.717, 1.165) is 0 Å². The molecule has 0 heterocycles. The molecule has 0 atom stereocenters. The minimum absolute atomic E-state index is 0.557. The summed E-state index contributed by atoms with van der Waals surface area (Å²) in [5.74, 6) is 0. The van der Waals surface area contributed by atoms with Crippen LogP contribution >= 0.6 is 38.8 Å². The van der Waals surface area contributed by atoms with Crippen molar-refractivity contribution in [2.75, 3.05) is 0 Å². The van der Waals surface area contributed by atoms with Crippen LogP contribution in [-0.4, -0.2) is 0 Å². The van der Waals surface area contributed by atoms with Gasteiger partial charge >= 0.3 is 0 Å². The minimum atomic E-state index is -2.70. The first-order valence-corrected chi connectivity index (χ1v) is 7.68. The monoisotopic (exact) mass is 252 g/mol. The molecule has 68 valence electrons. The summed E-state index contributed by atoms with van der Waals surface area (Å²) in [6.45, 7) is 0. The Labute approximate surface area is 90.5 Å². The van der Waals surface area contributed by atoms with Crippen LogP contribution in [0.4, 0.5) is 5.69 Å². The molecular weight excluding hydrogens is 249 g/mol. The molecule has 6 heteroatoms. The third-order valence-corrected chi connectivity index (χ3v) is 2.36. The molecule has 1 aromatic carbocycles. The second-order valence-corrected chi connectivity index (χ2v) is 9.17. The Bertz CT molecular complexity index is 379. The van der Waals surface area contributed by atoms with Crippen molar-refractivity contribution in [2.24, 2.45) is 4.74 Å². The second kappa shape index (κ2) is 4.35.